The van der Waals surface area contributed by atoms with E-state index in [9.17, 15) is 5.11 Å². The number of nitrogens with one attached hydrogen (secondary N) is 1. The van der Waals surface area contributed by atoms with E-state index < -0.39 is 6.10 Å². The van der Waals surface area contributed by atoms with E-state index in [1.165, 1.54) is 0 Å². The molecule has 0 spiro atoms. The third-order valence-corrected chi connectivity index (χ3v) is 4.14. The maximum atomic E-state index is 10.9. The van der Waals surface area contributed by atoms with Gasteiger partial charge in [-0.15, -0.1) is 0 Å². The number of aliphatic hydroxyl groups excluding tert-OH is 1. The van der Waals surface area contributed by atoms with Crippen LogP contribution in [0, 0.1) is 0 Å². The predicted molar refractivity (Wildman–Crippen MR) is 96.6 cm³/mol. The average molecular weight is 329 g/mol. The van der Waals surface area contributed by atoms with Gasteiger partial charge in [0.15, 0.2) is 0 Å². The summed E-state index contributed by atoms with van der Waals surface area (Å²) in [5.74, 6) is 1.59. The zero-order chi connectivity index (χ0) is 17.4. The Bertz CT molecular complexity index is 595. The number of methoxy groups -OCH3 is 2. The van der Waals surface area contributed by atoms with Crippen LogP contribution >= 0.6 is 0 Å². The maximum Gasteiger partial charge on any atom is 0.118 e. The fraction of sp³-hybridized carbons (Fsp3) is 0.400. The van der Waals surface area contributed by atoms with Crippen LogP contribution in [0.25, 0.3) is 0 Å². The Morgan fingerprint density at radius 1 is 0.875 bits per heavy atom. The van der Waals surface area contributed by atoms with Gasteiger partial charge in [-0.2, -0.15) is 0 Å². The third kappa shape index (κ3) is 4.73. The molecule has 0 aliphatic carbocycles. The van der Waals surface area contributed by atoms with Crippen LogP contribution in [0.3, 0.4) is 0 Å². The van der Waals surface area contributed by atoms with Crippen LogP contribution in [0.1, 0.15) is 43.0 Å². The van der Waals surface area contributed by atoms with Gasteiger partial charge in [-0.05, 0) is 48.4 Å². The molecule has 4 nitrogen and oxygen atoms in total. The molecule has 24 heavy (non-hydrogen) atoms. The van der Waals surface area contributed by atoms with E-state index in [1.807, 2.05) is 48.5 Å². The van der Waals surface area contributed by atoms with Crippen molar-refractivity contribution in [1.29, 1.82) is 0 Å². The Balaban J connectivity index is 2.21. The summed E-state index contributed by atoms with van der Waals surface area (Å²) < 4.78 is 10.4. The van der Waals surface area contributed by atoms with Gasteiger partial charge in [0.1, 0.15) is 11.5 Å². The van der Waals surface area contributed by atoms with Crippen molar-refractivity contribution in [2.75, 3.05) is 20.8 Å². The Morgan fingerprint density at radius 3 is 1.83 bits per heavy atom. The minimum atomic E-state index is -0.638. The summed E-state index contributed by atoms with van der Waals surface area (Å²) in [6.45, 7) is 3.02. The van der Waals surface area contributed by atoms with Gasteiger partial charge in [0.25, 0.3) is 0 Å². The molecule has 0 unspecified atom stereocenters. The van der Waals surface area contributed by atoms with E-state index in [0.717, 1.165) is 42.0 Å². The molecule has 0 heterocycles. The fourth-order valence-corrected chi connectivity index (χ4v) is 2.65. The molecular weight excluding hydrogens is 302 g/mol. The third-order valence-electron chi connectivity index (χ3n) is 4.14. The van der Waals surface area contributed by atoms with Gasteiger partial charge in [-0.3, -0.25) is 0 Å². The number of hydrogen-bond donors (Lipinski definition) is 2. The van der Waals surface area contributed by atoms with E-state index in [2.05, 4.69) is 12.2 Å². The lowest BCUT2D eigenvalue weighted by molar-refractivity contribution is 0.128. The second-order valence-electron chi connectivity index (χ2n) is 5.78. The summed E-state index contributed by atoms with van der Waals surface area (Å²) in [6, 6.07) is 15.2. The molecule has 0 bridgehead atoms. The Hall–Kier alpha value is -2.04. The molecule has 2 N–H and O–H groups in total. The summed E-state index contributed by atoms with van der Waals surface area (Å²) in [6.07, 6.45) is 1.55. The molecule has 0 aliphatic rings. The Kier molecular flexibility index (Phi) is 7.09. The van der Waals surface area contributed by atoms with Crippen molar-refractivity contribution in [3.8, 4) is 11.5 Å². The summed E-state index contributed by atoms with van der Waals surface area (Å²) in [5, 5.41) is 14.4. The summed E-state index contributed by atoms with van der Waals surface area (Å²) in [4.78, 5) is 0. The highest BCUT2D eigenvalue weighted by molar-refractivity contribution is 5.33. The standard InChI is InChI=1S/C20H27NO3/c1-4-5-14-21-19(15-6-10-17(23-2)11-7-15)20(22)16-8-12-18(24-3)13-9-16/h6-13,19-22H,4-5,14H2,1-3H3/t19-,20-/m0/s1. The van der Waals surface area contributed by atoms with E-state index in [4.69, 9.17) is 9.47 Å². The van der Waals surface area contributed by atoms with Crippen LogP contribution in [0.4, 0.5) is 0 Å². The number of unbranched alkanes of at least 4 members (excludes halogenated alkanes) is 1. The first-order chi connectivity index (χ1) is 11.7. The van der Waals surface area contributed by atoms with Crippen LogP contribution in [0.15, 0.2) is 48.5 Å². The lowest BCUT2D eigenvalue weighted by Gasteiger charge is -2.25. The quantitative estimate of drug-likeness (QED) is 0.686. The molecule has 2 aromatic carbocycles. The Labute approximate surface area is 144 Å². The van der Waals surface area contributed by atoms with Crippen molar-refractivity contribution in [3.05, 3.63) is 59.7 Å². The van der Waals surface area contributed by atoms with Crippen molar-refractivity contribution >= 4 is 0 Å². The number of rotatable bonds is 9. The summed E-state index contributed by atoms with van der Waals surface area (Å²) >= 11 is 0. The number of benzene rings is 2. The molecule has 2 rings (SSSR count). The molecule has 0 amide bonds. The van der Waals surface area contributed by atoms with Gasteiger partial charge in [-0.1, -0.05) is 37.6 Å². The number of aliphatic hydroxyl groups is 1. The maximum absolute atomic E-state index is 10.9. The minimum absolute atomic E-state index is 0.171. The lowest BCUT2D eigenvalue weighted by Crippen LogP contribution is -2.28. The predicted octanol–water partition coefficient (Wildman–Crippen LogP) is 3.87. The zero-order valence-electron chi connectivity index (χ0n) is 14.7. The summed E-state index contributed by atoms with van der Waals surface area (Å²) in [5.41, 5.74) is 1.90. The van der Waals surface area contributed by atoms with E-state index in [0.29, 0.717) is 0 Å². The second-order valence-corrected chi connectivity index (χ2v) is 5.78. The topological polar surface area (TPSA) is 50.7 Å². The smallest absolute Gasteiger partial charge is 0.118 e. The highest BCUT2D eigenvalue weighted by Crippen LogP contribution is 2.30. The molecule has 0 saturated heterocycles. The zero-order valence-corrected chi connectivity index (χ0v) is 14.7. The van der Waals surface area contributed by atoms with E-state index in [-0.39, 0.29) is 6.04 Å². The van der Waals surface area contributed by atoms with E-state index in [1.54, 1.807) is 14.2 Å². The Morgan fingerprint density at radius 2 is 1.38 bits per heavy atom. The second kappa shape index (κ2) is 9.30. The molecule has 0 aromatic heterocycles. The minimum Gasteiger partial charge on any atom is -0.497 e. The van der Waals surface area contributed by atoms with Gasteiger partial charge in [0, 0.05) is 0 Å². The van der Waals surface area contributed by atoms with Gasteiger partial charge < -0.3 is 19.9 Å². The van der Waals surface area contributed by atoms with E-state index >= 15 is 0 Å². The first-order valence-electron chi connectivity index (χ1n) is 8.39. The van der Waals surface area contributed by atoms with Crippen molar-refractivity contribution in [2.24, 2.45) is 0 Å². The molecule has 2 atom stereocenters. The van der Waals surface area contributed by atoms with Crippen molar-refractivity contribution in [3.63, 3.8) is 0 Å². The van der Waals surface area contributed by atoms with Crippen LogP contribution in [-0.4, -0.2) is 25.9 Å². The fourth-order valence-electron chi connectivity index (χ4n) is 2.65. The number of hydrogen-bond acceptors (Lipinski definition) is 4. The first-order valence-corrected chi connectivity index (χ1v) is 8.39. The average Bonchev–Trinajstić information content (AvgIpc) is 2.65. The highest BCUT2D eigenvalue weighted by atomic mass is 16.5. The highest BCUT2D eigenvalue weighted by Gasteiger charge is 2.22. The normalized spacial score (nSPS) is 13.3. The lowest BCUT2D eigenvalue weighted by atomic mass is 9.95. The van der Waals surface area contributed by atoms with Gasteiger partial charge in [-0.25, -0.2) is 0 Å². The largest absolute Gasteiger partial charge is 0.497 e. The monoisotopic (exact) mass is 329 g/mol. The molecular formula is C20H27NO3. The first kappa shape index (κ1) is 18.3. The van der Waals surface area contributed by atoms with Crippen molar-refractivity contribution in [1.82, 2.24) is 5.32 Å². The van der Waals surface area contributed by atoms with Gasteiger partial charge in [0.2, 0.25) is 0 Å². The molecule has 2 aromatic rings. The van der Waals surface area contributed by atoms with Crippen LogP contribution in [-0.2, 0) is 0 Å². The van der Waals surface area contributed by atoms with Crippen LogP contribution in [0.2, 0.25) is 0 Å². The molecule has 4 heteroatoms. The van der Waals surface area contributed by atoms with Gasteiger partial charge >= 0.3 is 0 Å². The molecule has 0 fully saturated rings. The van der Waals surface area contributed by atoms with Crippen molar-refractivity contribution in [2.45, 2.75) is 31.9 Å². The van der Waals surface area contributed by atoms with Crippen LogP contribution < -0.4 is 14.8 Å². The molecule has 130 valence electrons. The van der Waals surface area contributed by atoms with Crippen LogP contribution in [0.5, 0.6) is 11.5 Å². The SMILES string of the molecule is CCCCN[C@@H](c1ccc(OC)cc1)[C@@H](O)c1ccc(OC)cc1. The van der Waals surface area contributed by atoms with Gasteiger partial charge in [0.05, 0.1) is 26.4 Å². The summed E-state index contributed by atoms with van der Waals surface area (Å²) in [7, 11) is 3.29. The molecule has 0 aliphatic heterocycles. The molecule has 0 radical (unpaired) electrons. The number of ether oxygens (including phenoxy) is 2. The molecule has 0 saturated carbocycles. The van der Waals surface area contributed by atoms with Crippen molar-refractivity contribution < 1.29 is 14.6 Å².